The Bertz CT molecular complexity index is 283. The van der Waals surface area contributed by atoms with Gasteiger partial charge in [-0.15, -0.1) is 12.4 Å². The van der Waals surface area contributed by atoms with Crippen LogP contribution in [0.1, 0.15) is 24.9 Å². The molecule has 0 saturated carbocycles. The van der Waals surface area contributed by atoms with Crippen molar-refractivity contribution in [3.05, 3.63) is 33.4 Å². The normalized spacial score (nSPS) is 14.3. The van der Waals surface area contributed by atoms with Gasteiger partial charge in [0.05, 0.1) is 12.1 Å². The molecule has 0 amide bonds. The highest BCUT2D eigenvalue weighted by molar-refractivity contribution is 14.1. The zero-order valence-electron chi connectivity index (χ0n) is 7.98. The lowest BCUT2D eigenvalue weighted by molar-refractivity contribution is 0.140. The minimum atomic E-state index is -0.446. The predicted octanol–water partition coefficient (Wildman–Crippen LogP) is 2.48. The predicted molar refractivity (Wildman–Crippen MR) is 69.6 cm³/mol. The lowest BCUT2D eigenvalue weighted by Gasteiger charge is -2.17. The number of hydrogen-bond donors (Lipinski definition) is 2. The first-order valence-corrected chi connectivity index (χ1v) is 5.42. The van der Waals surface area contributed by atoms with Gasteiger partial charge in [-0.1, -0.05) is 19.1 Å². The summed E-state index contributed by atoms with van der Waals surface area (Å²) < 4.78 is 1.15. The molecule has 0 unspecified atom stereocenters. The van der Waals surface area contributed by atoms with Gasteiger partial charge in [0.15, 0.2) is 0 Å². The van der Waals surface area contributed by atoms with E-state index in [9.17, 15) is 5.11 Å². The number of benzene rings is 1. The molecular weight excluding hydrogens is 312 g/mol. The maximum Gasteiger partial charge on any atom is 0.0730 e. The Hall–Kier alpha value is 0.160. The van der Waals surface area contributed by atoms with Crippen LogP contribution in [0.2, 0.25) is 0 Å². The molecule has 0 heterocycles. The van der Waals surface area contributed by atoms with Gasteiger partial charge in [0.2, 0.25) is 0 Å². The smallest absolute Gasteiger partial charge is 0.0730 e. The van der Waals surface area contributed by atoms with E-state index >= 15 is 0 Å². The van der Waals surface area contributed by atoms with Gasteiger partial charge in [0.25, 0.3) is 0 Å². The summed E-state index contributed by atoms with van der Waals surface area (Å²) in [6.45, 7) is 1.93. The number of nitrogens with two attached hydrogens (primary N) is 1. The summed E-state index contributed by atoms with van der Waals surface area (Å²) in [5, 5.41) is 9.54. The second kappa shape index (κ2) is 6.61. The SMILES string of the molecule is CC[C@@H](O)[C@@H](N)c1cccc(I)c1.Cl. The number of hydrogen-bond acceptors (Lipinski definition) is 2. The molecule has 2 nitrogen and oxygen atoms in total. The van der Waals surface area contributed by atoms with Crippen molar-refractivity contribution in [1.29, 1.82) is 0 Å². The van der Waals surface area contributed by atoms with Crippen molar-refractivity contribution in [1.82, 2.24) is 0 Å². The summed E-state index contributed by atoms with van der Waals surface area (Å²) in [5.74, 6) is 0. The molecule has 0 aliphatic rings. The molecule has 14 heavy (non-hydrogen) atoms. The van der Waals surface area contributed by atoms with Crippen LogP contribution >= 0.6 is 35.0 Å². The monoisotopic (exact) mass is 327 g/mol. The fourth-order valence-electron chi connectivity index (χ4n) is 1.19. The fraction of sp³-hybridized carbons (Fsp3) is 0.400. The lowest BCUT2D eigenvalue weighted by atomic mass is 10.0. The van der Waals surface area contributed by atoms with Crippen molar-refractivity contribution >= 4 is 35.0 Å². The Morgan fingerprint density at radius 2 is 2.14 bits per heavy atom. The van der Waals surface area contributed by atoms with Gasteiger partial charge in [0, 0.05) is 3.57 Å². The molecule has 0 fully saturated rings. The van der Waals surface area contributed by atoms with E-state index in [4.69, 9.17) is 5.73 Å². The zero-order chi connectivity index (χ0) is 9.84. The molecular formula is C10H15ClINO. The molecule has 0 saturated heterocycles. The third kappa shape index (κ3) is 3.73. The van der Waals surface area contributed by atoms with Crippen LogP contribution in [-0.4, -0.2) is 11.2 Å². The van der Waals surface area contributed by atoms with Crippen LogP contribution < -0.4 is 5.73 Å². The van der Waals surface area contributed by atoms with Crippen LogP contribution in [0.3, 0.4) is 0 Å². The summed E-state index contributed by atoms with van der Waals surface area (Å²) >= 11 is 2.24. The average molecular weight is 328 g/mol. The van der Waals surface area contributed by atoms with Gasteiger partial charge in [-0.05, 0) is 46.7 Å². The van der Waals surface area contributed by atoms with E-state index < -0.39 is 6.10 Å². The largest absolute Gasteiger partial charge is 0.391 e. The van der Waals surface area contributed by atoms with E-state index in [2.05, 4.69) is 22.6 Å². The van der Waals surface area contributed by atoms with E-state index in [0.29, 0.717) is 6.42 Å². The first-order chi connectivity index (χ1) is 6.15. The van der Waals surface area contributed by atoms with Crippen LogP contribution in [-0.2, 0) is 0 Å². The summed E-state index contributed by atoms with van der Waals surface area (Å²) in [5.41, 5.74) is 6.87. The molecule has 0 aliphatic heterocycles. The molecule has 0 spiro atoms. The molecule has 0 bridgehead atoms. The summed E-state index contributed by atoms with van der Waals surface area (Å²) in [6, 6.07) is 7.66. The lowest BCUT2D eigenvalue weighted by Crippen LogP contribution is -2.25. The van der Waals surface area contributed by atoms with Gasteiger partial charge < -0.3 is 10.8 Å². The van der Waals surface area contributed by atoms with E-state index in [1.54, 1.807) is 0 Å². The van der Waals surface area contributed by atoms with Crippen molar-refractivity contribution in [2.24, 2.45) is 5.73 Å². The van der Waals surface area contributed by atoms with E-state index in [-0.39, 0.29) is 18.4 Å². The molecule has 1 aromatic rings. The maximum absolute atomic E-state index is 9.54. The first-order valence-electron chi connectivity index (χ1n) is 4.34. The minimum absolute atomic E-state index is 0. The second-order valence-electron chi connectivity index (χ2n) is 3.06. The second-order valence-corrected chi connectivity index (χ2v) is 4.30. The number of aliphatic hydroxyl groups is 1. The molecule has 1 rings (SSSR count). The quantitative estimate of drug-likeness (QED) is 0.838. The summed E-state index contributed by atoms with van der Waals surface area (Å²) in [6.07, 6.45) is 0.241. The van der Waals surface area contributed by atoms with Crippen LogP contribution in [0.4, 0.5) is 0 Å². The average Bonchev–Trinajstić information content (AvgIpc) is 2.15. The van der Waals surface area contributed by atoms with Gasteiger partial charge in [-0.25, -0.2) is 0 Å². The van der Waals surface area contributed by atoms with E-state index in [1.807, 2.05) is 31.2 Å². The Kier molecular flexibility index (Phi) is 6.68. The Labute approximate surface area is 104 Å². The molecule has 80 valence electrons. The molecule has 0 radical (unpaired) electrons. The Balaban J connectivity index is 0.00000169. The number of rotatable bonds is 3. The van der Waals surface area contributed by atoms with Gasteiger partial charge >= 0.3 is 0 Å². The highest BCUT2D eigenvalue weighted by Gasteiger charge is 2.14. The standard InChI is InChI=1S/C10H14INO.ClH/c1-2-9(13)10(12)7-4-3-5-8(11)6-7;/h3-6,9-10,13H,2,12H2,1H3;1H/t9-,10+;/m1./s1. The molecule has 0 aromatic heterocycles. The van der Waals surface area contributed by atoms with E-state index in [0.717, 1.165) is 9.13 Å². The van der Waals surface area contributed by atoms with Crippen molar-refractivity contribution < 1.29 is 5.11 Å². The zero-order valence-corrected chi connectivity index (χ0v) is 11.0. The third-order valence-corrected chi connectivity index (χ3v) is 2.74. The third-order valence-electron chi connectivity index (χ3n) is 2.07. The first kappa shape index (κ1) is 14.2. The minimum Gasteiger partial charge on any atom is -0.391 e. The topological polar surface area (TPSA) is 46.2 Å². The molecule has 0 aliphatic carbocycles. The van der Waals surface area contributed by atoms with Gasteiger partial charge in [-0.3, -0.25) is 0 Å². The highest BCUT2D eigenvalue weighted by Crippen LogP contribution is 2.18. The Morgan fingerprint density at radius 3 is 2.64 bits per heavy atom. The van der Waals surface area contributed by atoms with Gasteiger partial charge in [0.1, 0.15) is 0 Å². The fourth-order valence-corrected chi connectivity index (χ4v) is 1.76. The van der Waals surface area contributed by atoms with Crippen LogP contribution in [0.15, 0.2) is 24.3 Å². The van der Waals surface area contributed by atoms with Crippen molar-refractivity contribution in [3.8, 4) is 0 Å². The number of halogens is 2. The Morgan fingerprint density at radius 1 is 1.50 bits per heavy atom. The van der Waals surface area contributed by atoms with Crippen LogP contribution in [0.25, 0.3) is 0 Å². The maximum atomic E-state index is 9.54. The van der Waals surface area contributed by atoms with Gasteiger partial charge in [-0.2, -0.15) is 0 Å². The van der Waals surface area contributed by atoms with Crippen molar-refractivity contribution in [2.75, 3.05) is 0 Å². The van der Waals surface area contributed by atoms with Crippen LogP contribution in [0, 0.1) is 3.57 Å². The van der Waals surface area contributed by atoms with E-state index in [1.165, 1.54) is 0 Å². The number of aliphatic hydroxyl groups excluding tert-OH is 1. The van der Waals surface area contributed by atoms with Crippen molar-refractivity contribution in [2.45, 2.75) is 25.5 Å². The highest BCUT2D eigenvalue weighted by atomic mass is 127. The molecule has 3 N–H and O–H groups in total. The van der Waals surface area contributed by atoms with Crippen molar-refractivity contribution in [3.63, 3.8) is 0 Å². The molecule has 2 atom stereocenters. The van der Waals surface area contributed by atoms with Crippen LogP contribution in [0.5, 0.6) is 0 Å². The molecule has 4 heteroatoms. The molecule has 1 aromatic carbocycles. The summed E-state index contributed by atoms with van der Waals surface area (Å²) in [4.78, 5) is 0. The summed E-state index contributed by atoms with van der Waals surface area (Å²) in [7, 11) is 0.